The van der Waals surface area contributed by atoms with Crippen molar-refractivity contribution in [2.75, 3.05) is 38.8 Å². The largest absolute Gasteiger partial charge is 0.433 e. The molecule has 0 saturated heterocycles. The van der Waals surface area contributed by atoms with Gasteiger partial charge in [-0.3, -0.25) is 0 Å². The summed E-state index contributed by atoms with van der Waals surface area (Å²) in [6.07, 6.45) is -3.03. The van der Waals surface area contributed by atoms with Crippen molar-refractivity contribution in [2.45, 2.75) is 19.0 Å². The third kappa shape index (κ3) is 7.45. The number of methoxy groups -OCH3 is 1. The van der Waals surface area contributed by atoms with Gasteiger partial charge in [0.15, 0.2) is 5.69 Å². The van der Waals surface area contributed by atoms with Crippen LogP contribution in [0.15, 0.2) is 6.07 Å². The zero-order valence-corrected chi connectivity index (χ0v) is 12.3. The molecular formula is C12H17ClF3N3O2. The molecule has 1 rings (SSSR count). The molecule has 1 aromatic rings. The van der Waals surface area contributed by atoms with Gasteiger partial charge in [0.2, 0.25) is 5.28 Å². The van der Waals surface area contributed by atoms with Gasteiger partial charge in [-0.1, -0.05) is 0 Å². The predicted molar refractivity (Wildman–Crippen MR) is 72.5 cm³/mol. The average molecular weight is 328 g/mol. The van der Waals surface area contributed by atoms with Crippen LogP contribution in [0.4, 0.5) is 19.0 Å². The first kappa shape index (κ1) is 17.9. The van der Waals surface area contributed by atoms with Crippen molar-refractivity contribution in [3.05, 3.63) is 17.0 Å². The second-order valence-electron chi connectivity index (χ2n) is 4.14. The molecule has 0 spiro atoms. The van der Waals surface area contributed by atoms with Crippen LogP contribution >= 0.6 is 11.6 Å². The molecule has 0 saturated carbocycles. The highest BCUT2D eigenvalue weighted by Crippen LogP contribution is 2.29. The summed E-state index contributed by atoms with van der Waals surface area (Å²) in [4.78, 5) is 6.85. The molecule has 0 fully saturated rings. The van der Waals surface area contributed by atoms with Crippen LogP contribution in [0.3, 0.4) is 0 Å². The Morgan fingerprint density at radius 3 is 2.62 bits per heavy atom. The van der Waals surface area contributed by atoms with E-state index in [1.807, 2.05) is 0 Å². The van der Waals surface area contributed by atoms with Gasteiger partial charge in [-0.25, -0.2) is 9.97 Å². The van der Waals surface area contributed by atoms with Crippen molar-refractivity contribution in [3.63, 3.8) is 0 Å². The van der Waals surface area contributed by atoms with Gasteiger partial charge in [0.25, 0.3) is 0 Å². The Bertz CT molecular complexity index is 433. The molecule has 0 aliphatic carbocycles. The summed E-state index contributed by atoms with van der Waals surface area (Å²) in [6, 6.07) is 0.834. The van der Waals surface area contributed by atoms with Gasteiger partial charge in [-0.05, 0) is 24.4 Å². The lowest BCUT2D eigenvalue weighted by Crippen LogP contribution is -2.12. The first-order valence-electron chi connectivity index (χ1n) is 6.36. The number of anilines is 1. The number of nitrogens with one attached hydrogen (secondary N) is 1. The van der Waals surface area contributed by atoms with E-state index >= 15 is 0 Å². The van der Waals surface area contributed by atoms with Gasteiger partial charge < -0.3 is 14.8 Å². The van der Waals surface area contributed by atoms with Crippen molar-refractivity contribution in [1.82, 2.24) is 9.97 Å². The summed E-state index contributed by atoms with van der Waals surface area (Å²) in [5.41, 5.74) is -1.06. The third-order valence-electron chi connectivity index (χ3n) is 2.44. The highest BCUT2D eigenvalue weighted by molar-refractivity contribution is 6.28. The Labute approximate surface area is 125 Å². The SMILES string of the molecule is COCCOCCCCNc1cc(C(F)(F)F)nc(Cl)n1. The fraction of sp³-hybridized carbons (Fsp3) is 0.667. The average Bonchev–Trinajstić information content (AvgIpc) is 2.40. The molecule has 0 atom stereocenters. The molecular weight excluding hydrogens is 311 g/mol. The summed E-state index contributed by atoms with van der Waals surface area (Å²) < 4.78 is 47.7. The minimum atomic E-state index is -4.54. The van der Waals surface area contributed by atoms with E-state index in [1.165, 1.54) is 0 Å². The Morgan fingerprint density at radius 1 is 1.19 bits per heavy atom. The van der Waals surface area contributed by atoms with Crippen molar-refractivity contribution in [3.8, 4) is 0 Å². The van der Waals surface area contributed by atoms with E-state index in [0.29, 0.717) is 26.4 Å². The number of aromatic nitrogens is 2. The molecule has 1 aromatic heterocycles. The minimum Gasteiger partial charge on any atom is -0.382 e. The predicted octanol–water partition coefficient (Wildman–Crippen LogP) is 3.00. The lowest BCUT2D eigenvalue weighted by atomic mass is 10.3. The van der Waals surface area contributed by atoms with Crippen LogP contribution < -0.4 is 5.32 Å². The van der Waals surface area contributed by atoms with Gasteiger partial charge in [-0.15, -0.1) is 0 Å². The molecule has 120 valence electrons. The quantitative estimate of drug-likeness (QED) is 0.558. The fourth-order valence-electron chi connectivity index (χ4n) is 1.44. The Balaban J connectivity index is 2.31. The number of hydrogen-bond donors (Lipinski definition) is 1. The fourth-order valence-corrected chi connectivity index (χ4v) is 1.63. The van der Waals surface area contributed by atoms with E-state index < -0.39 is 17.2 Å². The number of unbranched alkanes of at least 4 members (excludes halogenated alkanes) is 1. The number of hydrogen-bond acceptors (Lipinski definition) is 5. The van der Waals surface area contributed by atoms with E-state index in [9.17, 15) is 13.2 Å². The summed E-state index contributed by atoms with van der Waals surface area (Å²) in [5.74, 6) is 0.0580. The molecule has 0 aliphatic heterocycles. The summed E-state index contributed by atoms with van der Waals surface area (Å²) in [7, 11) is 1.59. The number of halogens is 4. The van der Waals surface area contributed by atoms with Gasteiger partial charge >= 0.3 is 6.18 Å². The molecule has 1 heterocycles. The molecule has 5 nitrogen and oxygen atoms in total. The second-order valence-corrected chi connectivity index (χ2v) is 4.48. The molecule has 21 heavy (non-hydrogen) atoms. The van der Waals surface area contributed by atoms with Crippen LogP contribution in [0, 0.1) is 0 Å². The summed E-state index contributed by atoms with van der Waals surface area (Å²) in [5, 5.41) is 2.35. The molecule has 0 aromatic carbocycles. The normalized spacial score (nSPS) is 11.7. The van der Waals surface area contributed by atoms with Gasteiger partial charge in [0.05, 0.1) is 13.2 Å². The molecule has 0 unspecified atom stereocenters. The summed E-state index contributed by atoms with van der Waals surface area (Å²) >= 11 is 5.47. The van der Waals surface area contributed by atoms with Crippen molar-refractivity contribution in [2.24, 2.45) is 0 Å². The second kappa shape index (κ2) is 9.01. The highest BCUT2D eigenvalue weighted by Gasteiger charge is 2.33. The van der Waals surface area contributed by atoms with Crippen molar-refractivity contribution >= 4 is 17.4 Å². The van der Waals surface area contributed by atoms with Crippen LogP contribution in [-0.2, 0) is 15.7 Å². The van der Waals surface area contributed by atoms with E-state index in [-0.39, 0.29) is 5.82 Å². The zero-order valence-electron chi connectivity index (χ0n) is 11.5. The summed E-state index contributed by atoms with van der Waals surface area (Å²) in [6.45, 7) is 2.11. The number of ether oxygens (including phenoxy) is 2. The van der Waals surface area contributed by atoms with E-state index in [2.05, 4.69) is 15.3 Å². The van der Waals surface area contributed by atoms with Crippen LogP contribution in [0.25, 0.3) is 0 Å². The maximum absolute atomic E-state index is 12.5. The maximum Gasteiger partial charge on any atom is 0.433 e. The zero-order chi connectivity index (χ0) is 15.7. The molecule has 0 amide bonds. The number of alkyl halides is 3. The van der Waals surface area contributed by atoms with E-state index in [4.69, 9.17) is 21.1 Å². The molecule has 9 heteroatoms. The van der Waals surface area contributed by atoms with Crippen LogP contribution in [0.2, 0.25) is 5.28 Å². The Kier molecular flexibility index (Phi) is 7.69. The molecule has 0 aliphatic rings. The van der Waals surface area contributed by atoms with Crippen molar-refractivity contribution in [1.29, 1.82) is 0 Å². The van der Waals surface area contributed by atoms with Gasteiger partial charge in [-0.2, -0.15) is 13.2 Å². The lowest BCUT2D eigenvalue weighted by Gasteiger charge is -2.10. The van der Waals surface area contributed by atoms with E-state index in [0.717, 1.165) is 18.9 Å². The van der Waals surface area contributed by atoms with Crippen molar-refractivity contribution < 1.29 is 22.6 Å². The van der Waals surface area contributed by atoms with E-state index in [1.54, 1.807) is 7.11 Å². The third-order valence-corrected chi connectivity index (χ3v) is 2.61. The first-order chi connectivity index (χ1) is 9.93. The smallest absolute Gasteiger partial charge is 0.382 e. The minimum absolute atomic E-state index is 0.0580. The Hall–Kier alpha value is -1.12. The number of nitrogens with zero attached hydrogens (tertiary/aromatic N) is 2. The molecule has 1 N–H and O–H groups in total. The lowest BCUT2D eigenvalue weighted by molar-refractivity contribution is -0.141. The first-order valence-corrected chi connectivity index (χ1v) is 6.73. The molecule has 0 radical (unpaired) electrons. The van der Waals surface area contributed by atoms with Gasteiger partial charge in [0.1, 0.15) is 5.82 Å². The van der Waals surface area contributed by atoms with Gasteiger partial charge in [0, 0.05) is 26.3 Å². The van der Waals surface area contributed by atoms with Crippen LogP contribution in [-0.4, -0.2) is 43.4 Å². The highest BCUT2D eigenvalue weighted by atomic mass is 35.5. The standard InChI is InChI=1S/C12H17ClF3N3O2/c1-20-6-7-21-5-3-2-4-17-10-8-9(12(14,15)16)18-11(13)19-10/h8H,2-7H2,1H3,(H,17,18,19). The molecule has 0 bridgehead atoms. The monoisotopic (exact) mass is 327 g/mol. The maximum atomic E-state index is 12.5. The number of rotatable bonds is 9. The Morgan fingerprint density at radius 2 is 1.95 bits per heavy atom. The topological polar surface area (TPSA) is 56.3 Å². The van der Waals surface area contributed by atoms with Crippen LogP contribution in [0.5, 0.6) is 0 Å². The van der Waals surface area contributed by atoms with Crippen LogP contribution in [0.1, 0.15) is 18.5 Å².